The van der Waals surface area contributed by atoms with Crippen molar-refractivity contribution in [1.29, 1.82) is 0 Å². The molecule has 0 aliphatic heterocycles. The summed E-state index contributed by atoms with van der Waals surface area (Å²) in [4.78, 5) is 0. The van der Waals surface area contributed by atoms with Crippen LogP contribution in [0.25, 0.3) is 0 Å². The van der Waals surface area contributed by atoms with E-state index in [9.17, 15) is 0 Å². The SMILES string of the molecule is CCCCC/C=C/C=C/C#CCCO. The third-order valence-corrected chi connectivity index (χ3v) is 1.74. The van der Waals surface area contributed by atoms with Gasteiger partial charge < -0.3 is 5.11 Å². The van der Waals surface area contributed by atoms with Crippen LogP contribution in [0.1, 0.15) is 39.0 Å². The largest absolute Gasteiger partial charge is 0.395 e. The Hall–Kier alpha value is -1.00. The summed E-state index contributed by atoms with van der Waals surface area (Å²) in [6, 6.07) is 0. The van der Waals surface area contributed by atoms with Crippen molar-refractivity contribution < 1.29 is 5.11 Å². The highest BCUT2D eigenvalue weighted by Gasteiger charge is 1.79. The normalized spacial score (nSPS) is 10.7. The fraction of sp³-hybridized carbons (Fsp3) is 0.538. The third-order valence-electron chi connectivity index (χ3n) is 1.74. The molecule has 0 aromatic rings. The molecule has 1 nitrogen and oxygen atoms in total. The van der Waals surface area contributed by atoms with Gasteiger partial charge in [0.15, 0.2) is 0 Å². The van der Waals surface area contributed by atoms with Gasteiger partial charge >= 0.3 is 0 Å². The number of hydrogen-bond donors (Lipinski definition) is 1. The number of unbranched alkanes of at least 4 members (excludes halogenated alkanes) is 3. The maximum absolute atomic E-state index is 8.45. The molecule has 0 saturated carbocycles. The molecule has 0 unspecified atom stereocenters. The molecule has 0 aliphatic rings. The monoisotopic (exact) mass is 192 g/mol. The van der Waals surface area contributed by atoms with Crippen molar-refractivity contribution in [3.05, 3.63) is 24.3 Å². The van der Waals surface area contributed by atoms with E-state index in [2.05, 4.69) is 24.8 Å². The minimum Gasteiger partial charge on any atom is -0.395 e. The van der Waals surface area contributed by atoms with Crippen LogP contribution in [0.4, 0.5) is 0 Å². The molecule has 1 heteroatoms. The van der Waals surface area contributed by atoms with Crippen LogP contribution in [0.15, 0.2) is 24.3 Å². The van der Waals surface area contributed by atoms with Crippen molar-refractivity contribution in [2.75, 3.05) is 6.61 Å². The lowest BCUT2D eigenvalue weighted by molar-refractivity contribution is 0.305. The van der Waals surface area contributed by atoms with Gasteiger partial charge in [0.05, 0.1) is 6.61 Å². The summed E-state index contributed by atoms with van der Waals surface area (Å²) in [5.74, 6) is 5.67. The summed E-state index contributed by atoms with van der Waals surface area (Å²) >= 11 is 0. The van der Waals surface area contributed by atoms with Crippen LogP contribution in [-0.4, -0.2) is 11.7 Å². The van der Waals surface area contributed by atoms with E-state index >= 15 is 0 Å². The molecule has 1 N–H and O–H groups in total. The number of aliphatic hydroxyl groups excluding tert-OH is 1. The van der Waals surface area contributed by atoms with E-state index in [0.717, 1.165) is 6.42 Å². The molecule has 78 valence electrons. The fourth-order valence-electron chi connectivity index (χ4n) is 0.978. The van der Waals surface area contributed by atoms with E-state index in [4.69, 9.17) is 5.11 Å². The molecule has 0 atom stereocenters. The molecule has 0 aromatic heterocycles. The Morgan fingerprint density at radius 2 is 2.07 bits per heavy atom. The first-order valence-electron chi connectivity index (χ1n) is 5.32. The molecule has 0 bridgehead atoms. The predicted octanol–water partition coefficient (Wildman–Crippen LogP) is 3.06. The van der Waals surface area contributed by atoms with E-state index in [-0.39, 0.29) is 6.61 Å². The molecular weight excluding hydrogens is 172 g/mol. The molecule has 0 heterocycles. The van der Waals surface area contributed by atoms with Crippen LogP contribution in [0.2, 0.25) is 0 Å². The third kappa shape index (κ3) is 11.0. The number of allylic oxidation sites excluding steroid dienone is 4. The second-order valence-electron chi connectivity index (χ2n) is 3.08. The molecule has 0 radical (unpaired) electrons. The molecule has 0 amide bonds. The summed E-state index contributed by atoms with van der Waals surface area (Å²) in [5, 5.41) is 8.45. The number of hydrogen-bond acceptors (Lipinski definition) is 1. The maximum atomic E-state index is 8.45. The van der Waals surface area contributed by atoms with Gasteiger partial charge in [0.1, 0.15) is 0 Å². The van der Waals surface area contributed by atoms with Crippen LogP contribution >= 0.6 is 0 Å². The van der Waals surface area contributed by atoms with Gasteiger partial charge in [0.2, 0.25) is 0 Å². The smallest absolute Gasteiger partial charge is 0.0540 e. The molecule has 0 fully saturated rings. The fourth-order valence-corrected chi connectivity index (χ4v) is 0.978. The van der Waals surface area contributed by atoms with E-state index in [1.165, 1.54) is 19.3 Å². The summed E-state index contributed by atoms with van der Waals surface area (Å²) < 4.78 is 0. The zero-order chi connectivity index (χ0) is 10.5. The quantitative estimate of drug-likeness (QED) is 0.389. The summed E-state index contributed by atoms with van der Waals surface area (Å²) in [6.45, 7) is 2.36. The first-order chi connectivity index (χ1) is 6.91. The number of rotatable bonds is 6. The van der Waals surface area contributed by atoms with Crippen LogP contribution in [0.5, 0.6) is 0 Å². The first-order valence-corrected chi connectivity index (χ1v) is 5.32. The van der Waals surface area contributed by atoms with E-state index in [1.54, 1.807) is 0 Å². The van der Waals surface area contributed by atoms with Gasteiger partial charge in [-0.25, -0.2) is 0 Å². The maximum Gasteiger partial charge on any atom is 0.0540 e. The van der Waals surface area contributed by atoms with E-state index < -0.39 is 0 Å². The van der Waals surface area contributed by atoms with Crippen LogP contribution in [0.3, 0.4) is 0 Å². The van der Waals surface area contributed by atoms with Gasteiger partial charge in [-0.2, -0.15) is 0 Å². The Bertz CT molecular complexity index is 215. The molecule has 0 spiro atoms. The van der Waals surface area contributed by atoms with Gasteiger partial charge in [0, 0.05) is 6.42 Å². The second kappa shape index (κ2) is 12.0. The van der Waals surface area contributed by atoms with Crippen molar-refractivity contribution in [3.63, 3.8) is 0 Å². The van der Waals surface area contributed by atoms with Crippen molar-refractivity contribution >= 4 is 0 Å². The lowest BCUT2D eigenvalue weighted by Crippen LogP contribution is -1.74. The average Bonchev–Trinajstić information content (AvgIpc) is 2.21. The Labute approximate surface area is 87.5 Å². The average molecular weight is 192 g/mol. The molecule has 0 aliphatic carbocycles. The number of aliphatic hydroxyl groups is 1. The Kier molecular flexibility index (Phi) is 11.1. The van der Waals surface area contributed by atoms with Crippen LogP contribution in [0, 0.1) is 11.8 Å². The van der Waals surface area contributed by atoms with Gasteiger partial charge in [0.25, 0.3) is 0 Å². The lowest BCUT2D eigenvalue weighted by atomic mass is 10.2. The van der Waals surface area contributed by atoms with Gasteiger partial charge in [-0.15, -0.1) is 0 Å². The summed E-state index contributed by atoms with van der Waals surface area (Å²) in [5.41, 5.74) is 0. The summed E-state index contributed by atoms with van der Waals surface area (Å²) in [6.07, 6.45) is 13.5. The van der Waals surface area contributed by atoms with E-state index in [1.807, 2.05) is 18.2 Å². The van der Waals surface area contributed by atoms with Gasteiger partial charge in [-0.05, 0) is 18.9 Å². The molecule has 14 heavy (non-hydrogen) atoms. The highest BCUT2D eigenvalue weighted by atomic mass is 16.2. The standard InChI is InChI=1S/C13H20O/c1-2-3-4-5-6-7-8-9-10-11-12-13-14/h6-9,14H,2-5,12-13H2,1H3/b7-6+,9-8+. The highest BCUT2D eigenvalue weighted by molar-refractivity contribution is 5.19. The minimum atomic E-state index is 0.147. The van der Waals surface area contributed by atoms with Crippen LogP contribution in [-0.2, 0) is 0 Å². The van der Waals surface area contributed by atoms with Crippen molar-refractivity contribution in [1.82, 2.24) is 0 Å². The Morgan fingerprint density at radius 1 is 1.21 bits per heavy atom. The second-order valence-corrected chi connectivity index (χ2v) is 3.08. The zero-order valence-corrected chi connectivity index (χ0v) is 9.00. The van der Waals surface area contributed by atoms with E-state index in [0.29, 0.717) is 6.42 Å². The molecule has 0 rings (SSSR count). The Balaban J connectivity index is 3.37. The molecule has 0 aromatic carbocycles. The van der Waals surface area contributed by atoms with Crippen molar-refractivity contribution in [2.24, 2.45) is 0 Å². The minimum absolute atomic E-state index is 0.147. The van der Waals surface area contributed by atoms with Crippen LogP contribution < -0.4 is 0 Å². The predicted molar refractivity (Wildman–Crippen MR) is 61.9 cm³/mol. The van der Waals surface area contributed by atoms with Gasteiger partial charge in [-0.1, -0.05) is 49.8 Å². The zero-order valence-electron chi connectivity index (χ0n) is 9.00. The van der Waals surface area contributed by atoms with Crippen molar-refractivity contribution in [3.8, 4) is 11.8 Å². The topological polar surface area (TPSA) is 20.2 Å². The van der Waals surface area contributed by atoms with Gasteiger partial charge in [-0.3, -0.25) is 0 Å². The molecular formula is C13H20O. The molecule has 0 saturated heterocycles. The Morgan fingerprint density at radius 3 is 2.79 bits per heavy atom. The van der Waals surface area contributed by atoms with Crippen molar-refractivity contribution in [2.45, 2.75) is 39.0 Å². The first kappa shape index (κ1) is 13.0. The highest BCUT2D eigenvalue weighted by Crippen LogP contribution is 1.99. The summed E-state index contributed by atoms with van der Waals surface area (Å²) in [7, 11) is 0. The lowest BCUT2D eigenvalue weighted by Gasteiger charge is -1.89.